The lowest BCUT2D eigenvalue weighted by molar-refractivity contribution is 0.588. The maximum absolute atomic E-state index is 13.1. The number of benzene rings is 3. The van der Waals surface area contributed by atoms with Gasteiger partial charge in [0, 0.05) is 17.2 Å². The number of H-pyrrole nitrogens is 1. The molecule has 0 spiro atoms. The van der Waals surface area contributed by atoms with E-state index < -0.39 is 19.9 Å². The highest BCUT2D eigenvalue weighted by Crippen LogP contribution is 2.32. The van der Waals surface area contributed by atoms with Gasteiger partial charge in [0.2, 0.25) is 0 Å². The number of hydrogen-bond acceptors (Lipinski definition) is 5. The molecule has 0 saturated carbocycles. The lowest BCUT2D eigenvalue weighted by Crippen LogP contribution is -2.17. The molecule has 0 radical (unpaired) electrons. The van der Waals surface area contributed by atoms with Crippen molar-refractivity contribution in [3.8, 4) is 11.3 Å². The highest BCUT2D eigenvalue weighted by atomic mass is 32.2. The van der Waals surface area contributed by atoms with Crippen molar-refractivity contribution in [1.29, 1.82) is 0 Å². The van der Waals surface area contributed by atoms with Crippen molar-refractivity contribution in [3.63, 3.8) is 0 Å². The molecule has 4 rings (SSSR count). The van der Waals surface area contributed by atoms with E-state index in [0.717, 1.165) is 22.7 Å². The highest BCUT2D eigenvalue weighted by Gasteiger charge is 2.24. The monoisotopic (exact) mass is 441 g/mol. The standard InChI is InChI=1S/C21H19N3O4S2/c1-14-12-18-16(21(23-22-18)15-8-4-3-5-9-15)13-17(14)24-30(27,28)20-11-7-6-10-19(20)29(2,25)26/h3-13,24H,1-2H3,(H,22,23). The molecule has 4 aromatic rings. The van der Waals surface area contributed by atoms with E-state index in [-0.39, 0.29) is 9.79 Å². The van der Waals surface area contributed by atoms with Crippen LogP contribution in [0.3, 0.4) is 0 Å². The van der Waals surface area contributed by atoms with Gasteiger partial charge in [0.15, 0.2) is 9.84 Å². The van der Waals surface area contributed by atoms with E-state index in [0.29, 0.717) is 16.9 Å². The first-order valence-electron chi connectivity index (χ1n) is 9.03. The summed E-state index contributed by atoms with van der Waals surface area (Å²) in [6.45, 7) is 1.77. The van der Waals surface area contributed by atoms with Crippen LogP contribution in [0.5, 0.6) is 0 Å². The summed E-state index contributed by atoms with van der Waals surface area (Å²) in [6, 6.07) is 18.6. The Hall–Kier alpha value is -3.17. The zero-order valence-corrected chi connectivity index (χ0v) is 17.9. The minimum atomic E-state index is -4.14. The molecule has 0 saturated heterocycles. The third-order valence-corrected chi connectivity index (χ3v) is 7.45. The van der Waals surface area contributed by atoms with Crippen LogP contribution in [-0.2, 0) is 19.9 Å². The molecule has 0 bridgehead atoms. The number of aromatic nitrogens is 2. The summed E-state index contributed by atoms with van der Waals surface area (Å²) in [5, 5.41) is 8.09. The summed E-state index contributed by atoms with van der Waals surface area (Å²) in [5.41, 5.74) is 3.38. The molecule has 3 aromatic carbocycles. The van der Waals surface area contributed by atoms with Crippen molar-refractivity contribution in [2.24, 2.45) is 0 Å². The third kappa shape index (κ3) is 3.69. The van der Waals surface area contributed by atoms with E-state index in [1.807, 2.05) is 30.3 Å². The molecule has 0 aliphatic carbocycles. The first-order valence-corrected chi connectivity index (χ1v) is 12.4. The largest absolute Gasteiger partial charge is 0.279 e. The lowest BCUT2D eigenvalue weighted by atomic mass is 10.1. The average molecular weight is 442 g/mol. The Morgan fingerprint density at radius 2 is 1.50 bits per heavy atom. The molecular formula is C21H19N3O4S2. The van der Waals surface area contributed by atoms with Crippen LogP contribution < -0.4 is 4.72 Å². The van der Waals surface area contributed by atoms with Crippen molar-refractivity contribution in [3.05, 3.63) is 72.3 Å². The molecule has 30 heavy (non-hydrogen) atoms. The van der Waals surface area contributed by atoms with E-state index in [1.165, 1.54) is 24.3 Å². The molecule has 0 amide bonds. The molecule has 0 atom stereocenters. The third-order valence-electron chi connectivity index (χ3n) is 4.74. The predicted molar refractivity (Wildman–Crippen MR) is 117 cm³/mol. The Kier molecular flexibility index (Phi) is 4.87. The van der Waals surface area contributed by atoms with Crippen LogP contribution in [0.25, 0.3) is 22.2 Å². The van der Waals surface area contributed by atoms with Gasteiger partial charge in [-0.05, 0) is 36.8 Å². The topological polar surface area (TPSA) is 109 Å². The second-order valence-corrected chi connectivity index (χ2v) is 10.6. The minimum Gasteiger partial charge on any atom is -0.279 e. The Morgan fingerprint density at radius 3 is 2.17 bits per heavy atom. The quantitative estimate of drug-likeness (QED) is 0.490. The first kappa shape index (κ1) is 20.1. The maximum atomic E-state index is 13.1. The van der Waals surface area contributed by atoms with Gasteiger partial charge in [-0.25, -0.2) is 16.8 Å². The van der Waals surface area contributed by atoms with E-state index in [4.69, 9.17) is 0 Å². The second kappa shape index (κ2) is 7.26. The molecule has 9 heteroatoms. The summed E-state index contributed by atoms with van der Waals surface area (Å²) in [5.74, 6) is 0. The Bertz CT molecular complexity index is 1460. The molecule has 0 fully saturated rings. The SMILES string of the molecule is Cc1cc2[nH]nc(-c3ccccc3)c2cc1NS(=O)(=O)c1ccccc1S(C)(=O)=O. The fourth-order valence-corrected chi connectivity index (χ4v) is 6.03. The van der Waals surface area contributed by atoms with Crippen LogP contribution in [0.1, 0.15) is 5.56 Å². The molecule has 1 aromatic heterocycles. The predicted octanol–water partition coefficient (Wildman–Crippen LogP) is 3.74. The van der Waals surface area contributed by atoms with Crippen molar-refractivity contribution in [2.75, 3.05) is 11.0 Å². The van der Waals surface area contributed by atoms with Gasteiger partial charge < -0.3 is 0 Å². The Morgan fingerprint density at radius 1 is 0.867 bits per heavy atom. The number of aromatic amines is 1. The molecule has 154 valence electrons. The van der Waals surface area contributed by atoms with E-state index in [9.17, 15) is 16.8 Å². The molecule has 7 nitrogen and oxygen atoms in total. The van der Waals surface area contributed by atoms with Gasteiger partial charge in [-0.1, -0.05) is 42.5 Å². The number of hydrogen-bond donors (Lipinski definition) is 2. The highest BCUT2D eigenvalue weighted by molar-refractivity contribution is 7.95. The van der Waals surface area contributed by atoms with Crippen molar-refractivity contribution in [2.45, 2.75) is 16.7 Å². The minimum absolute atomic E-state index is 0.246. The number of sulfone groups is 1. The fourth-order valence-electron chi connectivity index (χ4n) is 3.28. The van der Waals surface area contributed by atoms with Gasteiger partial charge in [-0.3, -0.25) is 9.82 Å². The summed E-state index contributed by atoms with van der Waals surface area (Å²) < 4.78 is 52.8. The van der Waals surface area contributed by atoms with Crippen LogP contribution in [0.4, 0.5) is 5.69 Å². The van der Waals surface area contributed by atoms with Crippen LogP contribution >= 0.6 is 0 Å². The first-order chi connectivity index (χ1) is 14.2. The fraction of sp³-hybridized carbons (Fsp3) is 0.0952. The Labute approximate surface area is 174 Å². The zero-order valence-electron chi connectivity index (χ0n) is 16.2. The lowest BCUT2D eigenvalue weighted by Gasteiger charge is -2.13. The van der Waals surface area contributed by atoms with Crippen LogP contribution in [0.15, 0.2) is 76.5 Å². The van der Waals surface area contributed by atoms with Crippen molar-refractivity contribution >= 4 is 36.5 Å². The molecule has 0 aliphatic rings. The van der Waals surface area contributed by atoms with E-state index in [1.54, 1.807) is 19.1 Å². The average Bonchev–Trinajstić information content (AvgIpc) is 3.10. The molecule has 1 heterocycles. The van der Waals surface area contributed by atoms with Gasteiger partial charge in [-0.15, -0.1) is 0 Å². The molecular weight excluding hydrogens is 422 g/mol. The number of rotatable bonds is 5. The second-order valence-electron chi connectivity index (χ2n) is 6.98. The van der Waals surface area contributed by atoms with Crippen molar-refractivity contribution in [1.82, 2.24) is 10.2 Å². The van der Waals surface area contributed by atoms with Gasteiger partial charge in [0.1, 0.15) is 4.90 Å². The summed E-state index contributed by atoms with van der Waals surface area (Å²) in [6.07, 6.45) is 0.982. The summed E-state index contributed by atoms with van der Waals surface area (Å²) in [7, 11) is -7.86. The molecule has 0 aliphatic heterocycles. The van der Waals surface area contributed by atoms with Crippen LogP contribution in [-0.4, -0.2) is 33.3 Å². The molecule has 0 unspecified atom stereocenters. The Balaban J connectivity index is 1.82. The smallest absolute Gasteiger partial charge is 0.263 e. The number of nitrogens with zero attached hydrogens (tertiary/aromatic N) is 1. The number of aryl methyl sites for hydroxylation is 1. The number of sulfonamides is 1. The summed E-state index contributed by atoms with van der Waals surface area (Å²) in [4.78, 5) is -0.535. The van der Waals surface area contributed by atoms with Gasteiger partial charge in [-0.2, -0.15) is 5.10 Å². The van der Waals surface area contributed by atoms with Crippen LogP contribution in [0.2, 0.25) is 0 Å². The van der Waals surface area contributed by atoms with Crippen molar-refractivity contribution < 1.29 is 16.8 Å². The van der Waals surface area contributed by atoms with Crippen LogP contribution in [0, 0.1) is 6.92 Å². The zero-order chi connectivity index (χ0) is 21.5. The van der Waals surface area contributed by atoms with Gasteiger partial charge in [0.25, 0.3) is 10.0 Å². The van der Waals surface area contributed by atoms with Gasteiger partial charge >= 0.3 is 0 Å². The maximum Gasteiger partial charge on any atom is 0.263 e. The number of anilines is 1. The van der Waals surface area contributed by atoms with Gasteiger partial charge in [0.05, 0.1) is 21.8 Å². The van der Waals surface area contributed by atoms with E-state index in [2.05, 4.69) is 14.9 Å². The number of nitrogens with one attached hydrogen (secondary N) is 2. The normalized spacial score (nSPS) is 12.2. The van der Waals surface area contributed by atoms with E-state index >= 15 is 0 Å². The summed E-state index contributed by atoms with van der Waals surface area (Å²) >= 11 is 0. The molecule has 2 N–H and O–H groups in total. The number of fused-ring (bicyclic) bond motifs is 1.